The first kappa shape index (κ1) is 13.4. The molecule has 1 aromatic carbocycles. The number of aryl methyl sites for hydroxylation is 1. The Morgan fingerprint density at radius 3 is 2.73 bits per heavy atom. The maximum atomic E-state index is 11.9. The van der Waals surface area contributed by atoms with Crippen LogP contribution in [0.5, 0.6) is 0 Å². The van der Waals surface area contributed by atoms with E-state index in [0.717, 1.165) is 22.8 Å². The van der Waals surface area contributed by atoms with Gasteiger partial charge in [-0.15, -0.1) is 11.8 Å². The van der Waals surface area contributed by atoms with E-state index >= 15 is 0 Å². The highest BCUT2D eigenvalue weighted by Crippen LogP contribution is 2.63. The maximum absolute atomic E-state index is 11.9. The van der Waals surface area contributed by atoms with Crippen LogP contribution in [0.3, 0.4) is 0 Å². The van der Waals surface area contributed by atoms with Gasteiger partial charge in [0.2, 0.25) is 0 Å². The molecule has 5 rings (SSSR count). The Morgan fingerprint density at radius 1 is 1.14 bits per heavy atom. The maximum Gasteiger partial charge on any atom is 0.305 e. The predicted octanol–water partition coefficient (Wildman–Crippen LogP) is 4.40. The lowest BCUT2D eigenvalue weighted by Crippen LogP contribution is -2.33. The molecular formula is C18H19NOS2. The van der Waals surface area contributed by atoms with Gasteiger partial charge in [0.15, 0.2) is 0 Å². The summed E-state index contributed by atoms with van der Waals surface area (Å²) in [5.74, 6) is 2.88. The molecule has 0 radical (unpaired) electrons. The van der Waals surface area contributed by atoms with Gasteiger partial charge in [-0.2, -0.15) is 0 Å². The van der Waals surface area contributed by atoms with Gasteiger partial charge in [-0.1, -0.05) is 41.2 Å². The number of H-pyrrole nitrogens is 1. The normalized spacial score (nSPS) is 35.4. The summed E-state index contributed by atoms with van der Waals surface area (Å²) >= 11 is 3.41. The summed E-state index contributed by atoms with van der Waals surface area (Å²) in [6.45, 7) is 2.14. The molecule has 0 unspecified atom stereocenters. The van der Waals surface area contributed by atoms with Gasteiger partial charge in [0.1, 0.15) is 0 Å². The zero-order valence-electron chi connectivity index (χ0n) is 12.5. The molecule has 114 valence electrons. The second-order valence-electron chi connectivity index (χ2n) is 7.09. The lowest BCUT2D eigenvalue weighted by atomic mass is 9.75. The van der Waals surface area contributed by atoms with Crippen molar-refractivity contribution in [3.8, 4) is 0 Å². The van der Waals surface area contributed by atoms with Gasteiger partial charge in [-0.25, -0.2) is 0 Å². The fourth-order valence-corrected chi connectivity index (χ4v) is 7.89. The van der Waals surface area contributed by atoms with Crippen molar-refractivity contribution < 1.29 is 0 Å². The van der Waals surface area contributed by atoms with Crippen LogP contribution >= 0.6 is 23.1 Å². The largest absolute Gasteiger partial charge is 0.307 e. The van der Waals surface area contributed by atoms with Gasteiger partial charge in [0.05, 0.1) is 5.03 Å². The van der Waals surface area contributed by atoms with E-state index in [2.05, 4.69) is 36.2 Å². The van der Waals surface area contributed by atoms with Crippen molar-refractivity contribution in [1.29, 1.82) is 0 Å². The SMILES string of the molecule is Cc1ccc([C@@H]2c3sc(=O)[nH]c3S[C@H]3[C@@H]4CC[C@H](C4)[C@@H]23)cc1. The van der Waals surface area contributed by atoms with Crippen LogP contribution in [0.4, 0.5) is 0 Å². The highest BCUT2D eigenvalue weighted by Gasteiger charge is 2.54. The van der Waals surface area contributed by atoms with Gasteiger partial charge < -0.3 is 4.98 Å². The smallest absolute Gasteiger partial charge is 0.305 e. The van der Waals surface area contributed by atoms with E-state index in [1.807, 2.05) is 11.8 Å². The Labute approximate surface area is 138 Å². The number of nitrogens with one attached hydrogen (secondary N) is 1. The van der Waals surface area contributed by atoms with Crippen molar-refractivity contribution >= 4 is 23.1 Å². The third-order valence-electron chi connectivity index (χ3n) is 5.90. The highest BCUT2D eigenvalue weighted by molar-refractivity contribution is 8.00. The number of thiazole rings is 1. The van der Waals surface area contributed by atoms with Crippen molar-refractivity contribution in [2.45, 2.75) is 42.4 Å². The van der Waals surface area contributed by atoms with Gasteiger partial charge in [-0.05, 0) is 49.5 Å². The topological polar surface area (TPSA) is 32.9 Å². The molecule has 2 bridgehead atoms. The number of fused-ring (bicyclic) bond motifs is 6. The molecule has 2 aromatic rings. The summed E-state index contributed by atoms with van der Waals surface area (Å²) in [5.41, 5.74) is 2.71. The van der Waals surface area contributed by atoms with Crippen LogP contribution in [0.2, 0.25) is 0 Å². The average molecular weight is 329 g/mol. The Balaban J connectivity index is 1.68. The summed E-state index contributed by atoms with van der Waals surface area (Å²) in [4.78, 5) is 16.5. The van der Waals surface area contributed by atoms with Gasteiger partial charge in [-0.3, -0.25) is 4.79 Å². The van der Waals surface area contributed by atoms with Crippen LogP contribution in [0.15, 0.2) is 34.1 Å². The van der Waals surface area contributed by atoms with Crippen LogP contribution in [0.1, 0.15) is 41.2 Å². The number of aromatic amines is 1. The molecule has 2 fully saturated rings. The molecule has 2 aliphatic carbocycles. The third-order valence-corrected chi connectivity index (χ3v) is 8.53. The van der Waals surface area contributed by atoms with Crippen LogP contribution in [-0.4, -0.2) is 10.2 Å². The lowest BCUT2D eigenvalue weighted by molar-refractivity contribution is 0.307. The predicted molar refractivity (Wildman–Crippen MR) is 91.9 cm³/mol. The minimum Gasteiger partial charge on any atom is -0.307 e. The number of aromatic nitrogens is 1. The van der Waals surface area contributed by atoms with Crippen molar-refractivity contribution in [3.05, 3.63) is 49.9 Å². The Morgan fingerprint density at radius 2 is 1.91 bits per heavy atom. The average Bonchev–Trinajstić information content (AvgIpc) is 3.19. The number of hydrogen-bond donors (Lipinski definition) is 1. The zero-order valence-corrected chi connectivity index (χ0v) is 14.2. The van der Waals surface area contributed by atoms with E-state index in [4.69, 9.17) is 0 Å². The molecule has 22 heavy (non-hydrogen) atoms. The molecule has 2 nitrogen and oxygen atoms in total. The minimum absolute atomic E-state index is 0.113. The summed E-state index contributed by atoms with van der Waals surface area (Å²) < 4.78 is 0. The molecule has 0 amide bonds. The number of benzene rings is 1. The summed E-state index contributed by atoms with van der Waals surface area (Å²) in [6.07, 6.45) is 4.19. The molecule has 2 heterocycles. The van der Waals surface area contributed by atoms with Gasteiger partial charge >= 0.3 is 4.87 Å². The van der Waals surface area contributed by atoms with E-state index in [9.17, 15) is 4.79 Å². The molecule has 0 saturated heterocycles. The number of rotatable bonds is 1. The van der Waals surface area contributed by atoms with E-state index < -0.39 is 0 Å². The molecule has 1 aromatic heterocycles. The van der Waals surface area contributed by atoms with Crippen molar-refractivity contribution in [2.75, 3.05) is 0 Å². The molecule has 4 heteroatoms. The molecule has 0 spiro atoms. The second-order valence-corrected chi connectivity index (χ2v) is 9.29. The highest BCUT2D eigenvalue weighted by atomic mass is 32.2. The number of hydrogen-bond acceptors (Lipinski definition) is 3. The molecule has 1 N–H and O–H groups in total. The fraction of sp³-hybridized carbons (Fsp3) is 0.500. The van der Waals surface area contributed by atoms with E-state index in [0.29, 0.717) is 11.2 Å². The minimum atomic E-state index is 0.113. The van der Waals surface area contributed by atoms with E-state index in [1.165, 1.54) is 46.6 Å². The molecule has 1 aliphatic heterocycles. The summed E-state index contributed by atoms with van der Waals surface area (Å²) in [6, 6.07) is 9.00. The third kappa shape index (κ3) is 1.83. The first-order valence-electron chi connectivity index (χ1n) is 8.17. The molecule has 2 saturated carbocycles. The number of thioether (sulfide) groups is 1. The van der Waals surface area contributed by atoms with Crippen LogP contribution in [0, 0.1) is 24.7 Å². The van der Waals surface area contributed by atoms with Crippen molar-refractivity contribution in [2.24, 2.45) is 17.8 Å². The molecular weight excluding hydrogens is 310 g/mol. The van der Waals surface area contributed by atoms with E-state index in [1.54, 1.807) is 0 Å². The lowest BCUT2D eigenvalue weighted by Gasteiger charge is -2.40. The zero-order chi connectivity index (χ0) is 14.8. The van der Waals surface area contributed by atoms with Crippen LogP contribution < -0.4 is 4.87 Å². The molecule has 3 aliphatic rings. The van der Waals surface area contributed by atoms with Crippen molar-refractivity contribution in [3.63, 3.8) is 0 Å². The Bertz CT molecular complexity index is 775. The quantitative estimate of drug-likeness (QED) is 0.841. The monoisotopic (exact) mass is 329 g/mol. The Hall–Kier alpha value is -1.000. The summed E-state index contributed by atoms with van der Waals surface area (Å²) in [5, 5.41) is 1.87. The van der Waals surface area contributed by atoms with Crippen molar-refractivity contribution in [1.82, 2.24) is 4.98 Å². The van der Waals surface area contributed by atoms with E-state index in [-0.39, 0.29) is 4.87 Å². The molecule has 5 atom stereocenters. The standard InChI is InChI=1S/C18H19NOS2/c1-9-2-4-10(5-3-9)13-14-11-6-7-12(8-11)15(14)21-17-16(13)22-18(20)19-17/h2-5,11-15H,6-8H2,1H3,(H,19,20)/t11-,12-,13+,14+,15+/m1/s1. The van der Waals surface area contributed by atoms with Gasteiger partial charge in [0.25, 0.3) is 0 Å². The Kier molecular flexibility index (Phi) is 2.90. The van der Waals surface area contributed by atoms with Crippen LogP contribution in [-0.2, 0) is 0 Å². The second kappa shape index (κ2) is 4.75. The first-order chi connectivity index (χ1) is 10.7. The van der Waals surface area contributed by atoms with Crippen LogP contribution in [0.25, 0.3) is 0 Å². The van der Waals surface area contributed by atoms with Gasteiger partial charge in [0, 0.05) is 16.0 Å². The first-order valence-corrected chi connectivity index (χ1v) is 9.86. The summed E-state index contributed by atoms with van der Waals surface area (Å²) in [7, 11) is 0. The fourth-order valence-electron chi connectivity index (χ4n) is 5.00.